The number of nitrogens with zero attached hydrogens (tertiary/aromatic N) is 1. The van der Waals surface area contributed by atoms with Gasteiger partial charge in [0, 0.05) is 19.2 Å². The van der Waals surface area contributed by atoms with Crippen LogP contribution in [0.5, 0.6) is 0 Å². The average molecular weight is 245 g/mol. The maximum atomic E-state index is 11.7. The molecule has 1 aromatic carbocycles. The first-order chi connectivity index (χ1) is 8.81. The van der Waals surface area contributed by atoms with Crippen molar-refractivity contribution in [1.82, 2.24) is 15.5 Å². The highest BCUT2D eigenvalue weighted by molar-refractivity contribution is 5.93. The van der Waals surface area contributed by atoms with Gasteiger partial charge in [-0.25, -0.2) is 0 Å². The molecule has 0 aliphatic carbocycles. The van der Waals surface area contributed by atoms with Crippen molar-refractivity contribution in [2.24, 2.45) is 0 Å². The first-order valence-electron chi connectivity index (χ1n) is 5.69. The van der Waals surface area contributed by atoms with E-state index in [-0.39, 0.29) is 5.91 Å². The number of nitrogens with one attached hydrogen (secondary N) is 2. The first kappa shape index (κ1) is 12.3. The molecule has 0 saturated carbocycles. The summed E-state index contributed by atoms with van der Waals surface area (Å²) >= 11 is 0. The highest BCUT2D eigenvalue weighted by Gasteiger charge is 2.09. The van der Waals surface area contributed by atoms with Crippen LogP contribution in [0.1, 0.15) is 10.5 Å². The van der Waals surface area contributed by atoms with E-state index >= 15 is 0 Å². The predicted octanol–water partition coefficient (Wildman–Crippen LogP) is 1.45. The van der Waals surface area contributed by atoms with Gasteiger partial charge in [-0.1, -0.05) is 30.3 Å². The Morgan fingerprint density at radius 3 is 2.89 bits per heavy atom. The summed E-state index contributed by atoms with van der Waals surface area (Å²) in [4.78, 5) is 11.7. The number of hydrogen-bond acceptors (Lipinski definition) is 3. The molecule has 2 aromatic rings. The number of rotatable bonds is 5. The van der Waals surface area contributed by atoms with Gasteiger partial charge >= 0.3 is 0 Å². The summed E-state index contributed by atoms with van der Waals surface area (Å²) in [5.74, 6) is -0.179. The zero-order valence-electron chi connectivity index (χ0n) is 10.1. The maximum absolute atomic E-state index is 11.7. The highest BCUT2D eigenvalue weighted by Crippen LogP contribution is 2.16. The number of carbonyl (C=O) groups excluding carboxylic acids is 1. The van der Waals surface area contributed by atoms with Crippen LogP contribution in [0.2, 0.25) is 0 Å². The van der Waals surface area contributed by atoms with Crippen molar-refractivity contribution in [2.45, 2.75) is 0 Å². The van der Waals surface area contributed by atoms with Gasteiger partial charge in [-0.3, -0.25) is 9.89 Å². The molecule has 1 heterocycles. The molecule has 5 heteroatoms. The Labute approximate surface area is 105 Å². The lowest BCUT2D eigenvalue weighted by Crippen LogP contribution is -2.27. The number of ether oxygens (including phenoxy) is 1. The Kier molecular flexibility index (Phi) is 4.09. The lowest BCUT2D eigenvalue weighted by molar-refractivity contribution is 0.0932. The molecule has 1 aromatic heterocycles. The summed E-state index contributed by atoms with van der Waals surface area (Å²) in [5, 5.41) is 9.58. The van der Waals surface area contributed by atoms with Gasteiger partial charge in [-0.15, -0.1) is 0 Å². The van der Waals surface area contributed by atoms with Crippen LogP contribution in [0, 0.1) is 0 Å². The molecule has 0 atom stereocenters. The minimum absolute atomic E-state index is 0.179. The molecule has 5 nitrogen and oxygen atoms in total. The highest BCUT2D eigenvalue weighted by atomic mass is 16.5. The monoisotopic (exact) mass is 245 g/mol. The molecule has 0 bridgehead atoms. The molecule has 0 unspecified atom stereocenters. The molecule has 0 radical (unpaired) electrons. The van der Waals surface area contributed by atoms with Crippen LogP contribution < -0.4 is 5.32 Å². The van der Waals surface area contributed by atoms with E-state index in [0.717, 1.165) is 11.3 Å². The van der Waals surface area contributed by atoms with Crippen molar-refractivity contribution >= 4 is 5.91 Å². The van der Waals surface area contributed by atoms with Gasteiger partial charge in [0.05, 0.1) is 12.3 Å². The number of H-pyrrole nitrogens is 1. The fourth-order valence-corrected chi connectivity index (χ4v) is 1.56. The largest absolute Gasteiger partial charge is 0.383 e. The lowest BCUT2D eigenvalue weighted by Gasteiger charge is -2.01. The van der Waals surface area contributed by atoms with E-state index in [4.69, 9.17) is 4.74 Å². The number of carbonyl (C=O) groups is 1. The van der Waals surface area contributed by atoms with Gasteiger partial charge in [0.15, 0.2) is 0 Å². The fourth-order valence-electron chi connectivity index (χ4n) is 1.56. The van der Waals surface area contributed by atoms with Gasteiger partial charge in [0.2, 0.25) is 0 Å². The molecule has 2 rings (SSSR count). The second-order valence-electron chi connectivity index (χ2n) is 3.78. The SMILES string of the molecule is COCCNC(=O)c1cc(-c2ccccc2)n[nH]1. The Bertz CT molecular complexity index is 508. The van der Waals surface area contributed by atoms with Crippen LogP contribution in [0.15, 0.2) is 36.4 Å². The summed E-state index contributed by atoms with van der Waals surface area (Å²) in [5.41, 5.74) is 2.18. The summed E-state index contributed by atoms with van der Waals surface area (Å²) in [6.45, 7) is 0.973. The van der Waals surface area contributed by atoms with Crippen LogP contribution in [0.25, 0.3) is 11.3 Å². The van der Waals surface area contributed by atoms with E-state index < -0.39 is 0 Å². The number of methoxy groups -OCH3 is 1. The standard InChI is InChI=1S/C13H15N3O2/c1-18-8-7-14-13(17)12-9-11(15-16-12)10-5-3-2-4-6-10/h2-6,9H,7-8H2,1H3,(H,14,17)(H,15,16). The second-order valence-corrected chi connectivity index (χ2v) is 3.78. The molecule has 0 aliphatic rings. The van der Waals surface area contributed by atoms with Crippen molar-refractivity contribution in [3.8, 4) is 11.3 Å². The second kappa shape index (κ2) is 5.97. The van der Waals surface area contributed by atoms with Gasteiger partial charge in [-0.05, 0) is 6.07 Å². The van der Waals surface area contributed by atoms with Crippen molar-refractivity contribution < 1.29 is 9.53 Å². The number of amides is 1. The summed E-state index contributed by atoms with van der Waals surface area (Å²) < 4.78 is 4.86. The van der Waals surface area contributed by atoms with Crippen LogP contribution in [-0.4, -0.2) is 36.4 Å². The normalized spacial score (nSPS) is 10.3. The molecular formula is C13H15N3O2. The van der Waals surface area contributed by atoms with Gasteiger partial charge in [0.25, 0.3) is 5.91 Å². The fraction of sp³-hybridized carbons (Fsp3) is 0.231. The molecule has 94 valence electrons. The number of benzene rings is 1. The van der Waals surface area contributed by atoms with E-state index in [1.807, 2.05) is 30.3 Å². The Morgan fingerprint density at radius 2 is 2.17 bits per heavy atom. The molecule has 0 aliphatic heterocycles. The maximum Gasteiger partial charge on any atom is 0.269 e. The van der Waals surface area contributed by atoms with Crippen molar-refractivity contribution in [2.75, 3.05) is 20.3 Å². The average Bonchev–Trinajstić information content (AvgIpc) is 2.89. The number of aromatic amines is 1. The summed E-state index contributed by atoms with van der Waals surface area (Å²) in [7, 11) is 1.59. The van der Waals surface area contributed by atoms with Crippen LogP contribution >= 0.6 is 0 Å². The minimum atomic E-state index is -0.179. The van der Waals surface area contributed by atoms with Crippen molar-refractivity contribution in [3.05, 3.63) is 42.1 Å². The molecule has 2 N–H and O–H groups in total. The van der Waals surface area contributed by atoms with Crippen molar-refractivity contribution in [3.63, 3.8) is 0 Å². The van der Waals surface area contributed by atoms with Crippen LogP contribution in [-0.2, 0) is 4.74 Å². The van der Waals surface area contributed by atoms with E-state index in [2.05, 4.69) is 15.5 Å². The Morgan fingerprint density at radius 1 is 1.39 bits per heavy atom. The third-order valence-corrected chi connectivity index (χ3v) is 2.48. The van der Waals surface area contributed by atoms with E-state index in [0.29, 0.717) is 18.8 Å². The third kappa shape index (κ3) is 2.95. The van der Waals surface area contributed by atoms with E-state index in [1.165, 1.54) is 0 Å². The summed E-state index contributed by atoms with van der Waals surface area (Å²) in [6, 6.07) is 11.4. The van der Waals surface area contributed by atoms with E-state index in [1.54, 1.807) is 13.2 Å². The topological polar surface area (TPSA) is 67.0 Å². The van der Waals surface area contributed by atoms with Crippen molar-refractivity contribution in [1.29, 1.82) is 0 Å². The Hall–Kier alpha value is -2.14. The molecule has 1 amide bonds. The molecule has 0 spiro atoms. The van der Waals surface area contributed by atoms with Crippen LogP contribution in [0.4, 0.5) is 0 Å². The minimum Gasteiger partial charge on any atom is -0.383 e. The molecular weight excluding hydrogens is 230 g/mol. The molecule has 0 saturated heterocycles. The van der Waals surface area contributed by atoms with Gasteiger partial charge in [0.1, 0.15) is 5.69 Å². The van der Waals surface area contributed by atoms with Gasteiger partial charge in [-0.2, -0.15) is 5.10 Å². The van der Waals surface area contributed by atoms with Gasteiger partial charge < -0.3 is 10.1 Å². The van der Waals surface area contributed by atoms with Crippen LogP contribution in [0.3, 0.4) is 0 Å². The van der Waals surface area contributed by atoms with E-state index in [9.17, 15) is 4.79 Å². The predicted molar refractivity (Wildman–Crippen MR) is 68.2 cm³/mol. The third-order valence-electron chi connectivity index (χ3n) is 2.48. The Balaban J connectivity index is 2.04. The lowest BCUT2D eigenvalue weighted by atomic mass is 10.1. The quantitative estimate of drug-likeness (QED) is 0.783. The smallest absolute Gasteiger partial charge is 0.269 e. The first-order valence-corrected chi connectivity index (χ1v) is 5.69. The molecule has 18 heavy (non-hydrogen) atoms. The number of hydrogen-bond donors (Lipinski definition) is 2. The zero-order valence-corrected chi connectivity index (χ0v) is 10.1. The number of aromatic nitrogens is 2. The summed E-state index contributed by atoms with van der Waals surface area (Å²) in [6.07, 6.45) is 0. The zero-order chi connectivity index (χ0) is 12.8. The molecule has 0 fully saturated rings.